The summed E-state index contributed by atoms with van der Waals surface area (Å²) < 4.78 is 16.0. The van der Waals surface area contributed by atoms with Crippen molar-refractivity contribution >= 4 is 33.4 Å². The Morgan fingerprint density at radius 2 is 1.83 bits per heavy atom. The highest BCUT2D eigenvalue weighted by Gasteiger charge is 2.14. The van der Waals surface area contributed by atoms with Crippen LogP contribution in [0.1, 0.15) is 11.1 Å². The Kier molecular flexibility index (Phi) is 4.48. The molecule has 5 rings (SSSR count). The van der Waals surface area contributed by atoms with Gasteiger partial charge in [-0.3, -0.25) is 9.77 Å². The Hall–Kier alpha value is -3.31. The quantitative estimate of drug-likeness (QED) is 0.385. The molecule has 0 atom stereocenters. The molecule has 0 aliphatic heterocycles. The van der Waals surface area contributed by atoms with Crippen LogP contribution in [0.15, 0.2) is 67.0 Å². The number of fused-ring (bicyclic) bond motifs is 2. The van der Waals surface area contributed by atoms with E-state index in [9.17, 15) is 4.39 Å². The van der Waals surface area contributed by atoms with E-state index in [4.69, 9.17) is 11.6 Å². The van der Waals surface area contributed by atoms with E-state index in [0.29, 0.717) is 6.54 Å². The number of nitrogens with zero attached hydrogens (tertiary/aromatic N) is 3. The highest BCUT2D eigenvalue weighted by atomic mass is 35.5. The standard InChI is InChI=1S/C24H20ClFN4/c1-15-3-7-21(26)24(25)20(15)14-29(2)30-10-9-16-4-5-18(12-23(16)30)17-6-8-22-19(11-17)13-27-28-22/h3-13H,14H2,1-2H3,(H,27,28). The second-order valence-corrected chi connectivity index (χ2v) is 7.96. The van der Waals surface area contributed by atoms with Crippen LogP contribution in [0.5, 0.6) is 0 Å². The van der Waals surface area contributed by atoms with Crippen molar-refractivity contribution in [2.45, 2.75) is 13.5 Å². The highest BCUT2D eigenvalue weighted by molar-refractivity contribution is 6.31. The van der Waals surface area contributed by atoms with Crippen molar-refractivity contribution in [3.8, 4) is 11.1 Å². The van der Waals surface area contributed by atoms with E-state index in [1.807, 2.05) is 37.4 Å². The maximum atomic E-state index is 14.0. The van der Waals surface area contributed by atoms with Gasteiger partial charge < -0.3 is 5.01 Å². The van der Waals surface area contributed by atoms with Gasteiger partial charge in [0.1, 0.15) is 5.82 Å². The molecule has 30 heavy (non-hydrogen) atoms. The van der Waals surface area contributed by atoms with E-state index in [1.165, 1.54) is 6.07 Å². The minimum Gasteiger partial charge on any atom is -0.311 e. The third-order valence-electron chi connectivity index (χ3n) is 5.63. The Balaban J connectivity index is 1.54. The molecule has 5 aromatic rings. The van der Waals surface area contributed by atoms with E-state index in [1.54, 1.807) is 6.07 Å². The van der Waals surface area contributed by atoms with Crippen molar-refractivity contribution in [2.24, 2.45) is 0 Å². The van der Waals surface area contributed by atoms with Crippen LogP contribution < -0.4 is 5.01 Å². The number of hydrogen-bond acceptors (Lipinski definition) is 2. The average Bonchev–Trinajstić information content (AvgIpc) is 3.39. The van der Waals surface area contributed by atoms with E-state index in [0.717, 1.165) is 44.1 Å². The Morgan fingerprint density at radius 1 is 1.03 bits per heavy atom. The van der Waals surface area contributed by atoms with Gasteiger partial charge in [-0.15, -0.1) is 0 Å². The van der Waals surface area contributed by atoms with Crippen molar-refractivity contribution in [1.29, 1.82) is 0 Å². The van der Waals surface area contributed by atoms with Crippen molar-refractivity contribution in [3.05, 3.63) is 89.0 Å². The van der Waals surface area contributed by atoms with Crippen molar-refractivity contribution in [3.63, 3.8) is 0 Å². The molecular formula is C24H20ClFN4. The predicted octanol–water partition coefficient (Wildman–Crippen LogP) is 6.05. The summed E-state index contributed by atoms with van der Waals surface area (Å²) in [7, 11) is 1.98. The topological polar surface area (TPSA) is 36.9 Å². The maximum Gasteiger partial charge on any atom is 0.142 e. The molecule has 0 amide bonds. The number of nitrogens with one attached hydrogen (secondary N) is 1. The third-order valence-corrected chi connectivity index (χ3v) is 6.04. The van der Waals surface area contributed by atoms with Gasteiger partial charge in [-0.1, -0.05) is 35.9 Å². The van der Waals surface area contributed by atoms with Gasteiger partial charge in [0.2, 0.25) is 0 Å². The summed E-state index contributed by atoms with van der Waals surface area (Å²) in [5.41, 5.74) is 6.11. The first-order chi connectivity index (χ1) is 14.5. The molecule has 150 valence electrons. The molecule has 4 nitrogen and oxygen atoms in total. The lowest BCUT2D eigenvalue weighted by Gasteiger charge is -2.24. The fourth-order valence-electron chi connectivity index (χ4n) is 3.90. The monoisotopic (exact) mass is 418 g/mol. The second kappa shape index (κ2) is 7.18. The maximum absolute atomic E-state index is 14.0. The number of halogens is 2. The van der Waals surface area contributed by atoms with E-state index >= 15 is 0 Å². The van der Waals surface area contributed by atoms with Gasteiger partial charge >= 0.3 is 0 Å². The molecule has 0 fully saturated rings. The normalized spacial score (nSPS) is 11.5. The summed E-state index contributed by atoms with van der Waals surface area (Å²) in [6, 6.07) is 17.9. The number of benzene rings is 3. The molecule has 0 saturated heterocycles. The summed E-state index contributed by atoms with van der Waals surface area (Å²) in [5.74, 6) is -0.389. The molecule has 6 heteroatoms. The van der Waals surface area contributed by atoms with Gasteiger partial charge in [-0.05, 0) is 59.5 Å². The smallest absolute Gasteiger partial charge is 0.142 e. The number of rotatable bonds is 4. The van der Waals surface area contributed by atoms with E-state index in [2.05, 4.69) is 51.3 Å². The molecule has 1 N–H and O–H groups in total. The van der Waals surface area contributed by atoms with Gasteiger partial charge in [0.05, 0.1) is 28.8 Å². The Labute approximate surface area is 178 Å². The number of aryl methyl sites for hydroxylation is 1. The lowest BCUT2D eigenvalue weighted by molar-refractivity contribution is 0.618. The van der Waals surface area contributed by atoms with Crippen molar-refractivity contribution in [2.75, 3.05) is 12.1 Å². The molecule has 0 spiro atoms. The second-order valence-electron chi connectivity index (χ2n) is 7.58. The van der Waals surface area contributed by atoms with Gasteiger partial charge in [0, 0.05) is 24.0 Å². The fourth-order valence-corrected chi connectivity index (χ4v) is 4.17. The van der Waals surface area contributed by atoms with Gasteiger partial charge in [0.15, 0.2) is 0 Å². The van der Waals surface area contributed by atoms with Crippen LogP contribution in [0.2, 0.25) is 5.02 Å². The molecule has 2 aromatic heterocycles. The zero-order valence-corrected chi connectivity index (χ0v) is 17.4. The van der Waals surface area contributed by atoms with Crippen LogP contribution in [-0.2, 0) is 6.54 Å². The van der Waals surface area contributed by atoms with Crippen LogP contribution in [0, 0.1) is 12.7 Å². The molecule has 0 aliphatic rings. The van der Waals surface area contributed by atoms with Crippen LogP contribution in [0.3, 0.4) is 0 Å². The number of hydrogen-bond donors (Lipinski definition) is 1. The minimum absolute atomic E-state index is 0.187. The Bertz CT molecular complexity index is 1390. The lowest BCUT2D eigenvalue weighted by atomic mass is 10.0. The zero-order valence-electron chi connectivity index (χ0n) is 16.7. The SMILES string of the molecule is Cc1ccc(F)c(Cl)c1CN(C)n1ccc2ccc(-c3ccc4[nH]ncc4c3)cc21. The number of H-pyrrole nitrogens is 1. The first kappa shape index (κ1) is 18.7. The fraction of sp³-hybridized carbons (Fsp3) is 0.125. The van der Waals surface area contributed by atoms with Crippen molar-refractivity contribution in [1.82, 2.24) is 14.9 Å². The minimum atomic E-state index is -0.389. The molecule has 0 unspecified atom stereocenters. The van der Waals surface area contributed by atoms with Crippen LogP contribution in [0.25, 0.3) is 32.9 Å². The largest absolute Gasteiger partial charge is 0.311 e. The van der Waals surface area contributed by atoms with Crippen LogP contribution >= 0.6 is 11.6 Å². The predicted molar refractivity (Wildman–Crippen MR) is 121 cm³/mol. The Morgan fingerprint density at radius 3 is 2.70 bits per heavy atom. The summed E-state index contributed by atoms with van der Waals surface area (Å²) >= 11 is 6.25. The van der Waals surface area contributed by atoms with Crippen molar-refractivity contribution < 1.29 is 4.39 Å². The molecule has 0 saturated carbocycles. The van der Waals surface area contributed by atoms with Gasteiger partial charge in [0.25, 0.3) is 0 Å². The first-order valence-electron chi connectivity index (χ1n) is 9.71. The van der Waals surface area contributed by atoms with Crippen LogP contribution in [0.4, 0.5) is 4.39 Å². The number of aromatic amines is 1. The number of aromatic nitrogens is 3. The summed E-state index contributed by atoms with van der Waals surface area (Å²) in [6.45, 7) is 2.45. The van der Waals surface area contributed by atoms with Crippen LogP contribution in [-0.4, -0.2) is 21.9 Å². The summed E-state index contributed by atoms with van der Waals surface area (Å²) in [5, 5.41) is 11.5. The molecule has 3 aromatic carbocycles. The van der Waals surface area contributed by atoms with Gasteiger partial charge in [-0.2, -0.15) is 5.10 Å². The highest BCUT2D eigenvalue weighted by Crippen LogP contribution is 2.29. The molecule has 0 aliphatic carbocycles. The van der Waals surface area contributed by atoms with Gasteiger partial charge in [-0.25, -0.2) is 4.39 Å². The molecular weight excluding hydrogens is 399 g/mol. The molecule has 0 bridgehead atoms. The molecule has 0 radical (unpaired) electrons. The average molecular weight is 419 g/mol. The summed E-state index contributed by atoms with van der Waals surface area (Å²) in [6.07, 6.45) is 3.86. The molecule has 2 heterocycles. The summed E-state index contributed by atoms with van der Waals surface area (Å²) in [4.78, 5) is 0. The third kappa shape index (κ3) is 3.12. The zero-order chi connectivity index (χ0) is 20.8. The lowest BCUT2D eigenvalue weighted by Crippen LogP contribution is -2.29. The first-order valence-corrected chi connectivity index (χ1v) is 10.1. The van der Waals surface area contributed by atoms with E-state index < -0.39 is 0 Å². The van der Waals surface area contributed by atoms with E-state index in [-0.39, 0.29) is 10.8 Å².